The largest absolute Gasteiger partial charge is 0.477 e. The van der Waals surface area contributed by atoms with Gasteiger partial charge >= 0.3 is 5.97 Å². The second kappa shape index (κ2) is 6.62. The summed E-state index contributed by atoms with van der Waals surface area (Å²) in [4.78, 5) is 28.9. The average molecular weight is 310 g/mol. The lowest BCUT2D eigenvalue weighted by molar-refractivity contribution is -0.121. The number of thiophene rings is 1. The van der Waals surface area contributed by atoms with Crippen molar-refractivity contribution in [2.24, 2.45) is 0 Å². The van der Waals surface area contributed by atoms with Crippen molar-refractivity contribution >= 4 is 34.6 Å². The minimum Gasteiger partial charge on any atom is -0.477 e. The Bertz CT molecular complexity index is 619. The second-order valence-electron chi connectivity index (χ2n) is 4.21. The first-order valence-electron chi connectivity index (χ1n) is 6.04. The van der Waals surface area contributed by atoms with Gasteiger partial charge in [-0.15, -0.1) is 22.7 Å². The van der Waals surface area contributed by atoms with Gasteiger partial charge in [-0.2, -0.15) is 0 Å². The van der Waals surface area contributed by atoms with Crippen LogP contribution in [0.25, 0.3) is 0 Å². The number of aryl methyl sites for hydroxylation is 2. The monoisotopic (exact) mass is 310 g/mol. The molecule has 0 aliphatic carbocycles. The van der Waals surface area contributed by atoms with Crippen LogP contribution in [0.5, 0.6) is 0 Å². The van der Waals surface area contributed by atoms with Gasteiger partial charge in [0, 0.05) is 16.2 Å². The van der Waals surface area contributed by atoms with E-state index in [1.807, 2.05) is 6.92 Å². The lowest BCUT2D eigenvalue weighted by atomic mass is 10.2. The summed E-state index contributed by atoms with van der Waals surface area (Å²) in [6.45, 7) is 2.31. The van der Waals surface area contributed by atoms with Crippen molar-refractivity contribution in [2.75, 3.05) is 0 Å². The van der Waals surface area contributed by atoms with E-state index in [1.165, 1.54) is 11.3 Å². The Labute approximate surface area is 124 Å². The molecule has 2 heterocycles. The summed E-state index contributed by atoms with van der Waals surface area (Å²) in [5.41, 5.74) is 2.76. The zero-order valence-corrected chi connectivity index (χ0v) is 12.5. The summed E-state index contributed by atoms with van der Waals surface area (Å²) in [6.07, 6.45) is 1.10. The Morgan fingerprint density at radius 2 is 2.20 bits per heavy atom. The highest BCUT2D eigenvalue weighted by atomic mass is 32.1. The minimum absolute atomic E-state index is 0.0388. The molecule has 2 N–H and O–H groups in total. The zero-order valence-electron chi connectivity index (χ0n) is 10.9. The van der Waals surface area contributed by atoms with Gasteiger partial charge in [0.15, 0.2) is 0 Å². The molecule has 106 valence electrons. The molecule has 0 aromatic carbocycles. The van der Waals surface area contributed by atoms with Gasteiger partial charge in [0.2, 0.25) is 5.91 Å². The number of aromatic nitrogens is 1. The molecule has 0 atom stereocenters. The van der Waals surface area contributed by atoms with E-state index in [0.717, 1.165) is 15.4 Å². The van der Waals surface area contributed by atoms with Crippen LogP contribution in [0, 0.1) is 6.92 Å². The minimum atomic E-state index is -0.937. The number of rotatable bonds is 6. The van der Waals surface area contributed by atoms with Gasteiger partial charge in [0.1, 0.15) is 4.88 Å². The number of hydrogen-bond donors (Lipinski definition) is 2. The van der Waals surface area contributed by atoms with E-state index in [-0.39, 0.29) is 10.8 Å². The van der Waals surface area contributed by atoms with Crippen molar-refractivity contribution in [1.29, 1.82) is 0 Å². The number of nitrogens with zero attached hydrogens (tertiary/aromatic N) is 1. The standard InChI is InChI=1S/C13H14N2O3S2/c1-8-10(19-7-15-8)4-5-12(16)14-6-9-2-3-11(20-9)13(17)18/h2-3,7H,4-6H2,1H3,(H,14,16)(H,17,18). The topological polar surface area (TPSA) is 79.3 Å². The molecule has 0 fully saturated rings. The Kier molecular flexibility index (Phi) is 4.86. The molecule has 1 amide bonds. The molecule has 0 unspecified atom stereocenters. The number of carboxylic acid groups (broad SMARTS) is 1. The number of nitrogens with one attached hydrogen (secondary N) is 1. The number of carbonyl (C=O) groups is 2. The number of thiazole rings is 1. The van der Waals surface area contributed by atoms with E-state index >= 15 is 0 Å². The Hall–Kier alpha value is -1.73. The number of hydrogen-bond acceptors (Lipinski definition) is 5. The third kappa shape index (κ3) is 3.88. The van der Waals surface area contributed by atoms with Gasteiger partial charge in [-0.3, -0.25) is 4.79 Å². The highest BCUT2D eigenvalue weighted by Gasteiger charge is 2.09. The maximum absolute atomic E-state index is 11.7. The van der Waals surface area contributed by atoms with Gasteiger partial charge in [-0.25, -0.2) is 9.78 Å². The second-order valence-corrected chi connectivity index (χ2v) is 6.32. The van der Waals surface area contributed by atoms with Crippen LogP contribution in [-0.2, 0) is 17.8 Å². The Morgan fingerprint density at radius 1 is 1.40 bits per heavy atom. The molecular weight excluding hydrogens is 296 g/mol. The summed E-state index contributed by atoms with van der Waals surface area (Å²) in [6, 6.07) is 3.27. The van der Waals surface area contributed by atoms with Crippen LogP contribution < -0.4 is 5.32 Å². The Morgan fingerprint density at radius 3 is 2.80 bits per heavy atom. The first kappa shape index (κ1) is 14.7. The molecule has 0 bridgehead atoms. The van der Waals surface area contributed by atoms with E-state index in [0.29, 0.717) is 19.4 Å². The molecule has 0 spiro atoms. The van der Waals surface area contributed by atoms with Crippen molar-refractivity contribution in [3.63, 3.8) is 0 Å². The molecule has 0 radical (unpaired) electrons. The van der Waals surface area contributed by atoms with Crippen molar-refractivity contribution in [3.05, 3.63) is 38.0 Å². The SMILES string of the molecule is Cc1ncsc1CCC(=O)NCc1ccc(C(=O)O)s1. The normalized spacial score (nSPS) is 10.4. The van der Waals surface area contributed by atoms with Crippen LogP contribution in [0.15, 0.2) is 17.6 Å². The number of carbonyl (C=O) groups excluding carboxylic acids is 1. The van der Waals surface area contributed by atoms with E-state index in [9.17, 15) is 9.59 Å². The number of amides is 1. The molecule has 0 saturated heterocycles. The van der Waals surface area contributed by atoms with Crippen molar-refractivity contribution in [3.8, 4) is 0 Å². The molecule has 5 nitrogen and oxygen atoms in total. The molecule has 0 saturated carbocycles. The first-order valence-corrected chi connectivity index (χ1v) is 7.73. The summed E-state index contributed by atoms with van der Waals surface area (Å²) in [5.74, 6) is -0.976. The predicted molar refractivity (Wildman–Crippen MR) is 78.3 cm³/mol. The zero-order chi connectivity index (χ0) is 14.5. The third-order valence-electron chi connectivity index (χ3n) is 2.76. The molecule has 20 heavy (non-hydrogen) atoms. The van der Waals surface area contributed by atoms with E-state index < -0.39 is 5.97 Å². The van der Waals surface area contributed by atoms with Gasteiger partial charge in [-0.05, 0) is 25.5 Å². The van der Waals surface area contributed by atoms with E-state index in [1.54, 1.807) is 29.0 Å². The average Bonchev–Trinajstić information content (AvgIpc) is 3.03. The lowest BCUT2D eigenvalue weighted by Crippen LogP contribution is -2.22. The maximum Gasteiger partial charge on any atom is 0.345 e. The van der Waals surface area contributed by atoms with Crippen LogP contribution in [0.4, 0.5) is 0 Å². The van der Waals surface area contributed by atoms with Gasteiger partial charge < -0.3 is 10.4 Å². The molecule has 0 aliphatic rings. The number of carboxylic acids is 1. The van der Waals surface area contributed by atoms with E-state index in [2.05, 4.69) is 10.3 Å². The molecule has 2 aromatic heterocycles. The van der Waals surface area contributed by atoms with Gasteiger partial charge in [-0.1, -0.05) is 0 Å². The summed E-state index contributed by atoms with van der Waals surface area (Å²) in [5, 5.41) is 11.6. The molecular formula is C13H14N2O3S2. The fourth-order valence-corrected chi connectivity index (χ4v) is 3.22. The highest BCUT2D eigenvalue weighted by Crippen LogP contribution is 2.16. The smallest absolute Gasteiger partial charge is 0.345 e. The fourth-order valence-electron chi connectivity index (χ4n) is 1.66. The van der Waals surface area contributed by atoms with Gasteiger partial charge in [0.05, 0.1) is 17.7 Å². The molecule has 2 rings (SSSR count). The fraction of sp³-hybridized carbons (Fsp3) is 0.308. The maximum atomic E-state index is 11.7. The molecule has 2 aromatic rings. The predicted octanol–water partition coefficient (Wildman–Crippen LogP) is 2.46. The molecule has 0 aliphatic heterocycles. The van der Waals surface area contributed by atoms with Crippen LogP contribution in [0.3, 0.4) is 0 Å². The lowest BCUT2D eigenvalue weighted by Gasteiger charge is -2.03. The summed E-state index contributed by atoms with van der Waals surface area (Å²) < 4.78 is 0. The molecule has 7 heteroatoms. The summed E-state index contributed by atoms with van der Waals surface area (Å²) >= 11 is 2.74. The summed E-state index contributed by atoms with van der Waals surface area (Å²) in [7, 11) is 0. The van der Waals surface area contributed by atoms with Crippen LogP contribution >= 0.6 is 22.7 Å². The third-order valence-corrected chi connectivity index (χ3v) is 4.82. The number of aromatic carboxylic acids is 1. The van der Waals surface area contributed by atoms with Crippen molar-refractivity contribution in [2.45, 2.75) is 26.3 Å². The van der Waals surface area contributed by atoms with E-state index in [4.69, 9.17) is 5.11 Å². The quantitative estimate of drug-likeness (QED) is 0.859. The van der Waals surface area contributed by atoms with Crippen LogP contribution in [0.2, 0.25) is 0 Å². The van der Waals surface area contributed by atoms with Crippen LogP contribution in [-0.4, -0.2) is 22.0 Å². The van der Waals surface area contributed by atoms with Crippen LogP contribution in [0.1, 0.15) is 31.5 Å². The van der Waals surface area contributed by atoms with Gasteiger partial charge in [0.25, 0.3) is 0 Å². The Balaban J connectivity index is 1.77. The van der Waals surface area contributed by atoms with Crippen molar-refractivity contribution < 1.29 is 14.7 Å². The highest BCUT2D eigenvalue weighted by molar-refractivity contribution is 7.13. The van der Waals surface area contributed by atoms with Crippen molar-refractivity contribution in [1.82, 2.24) is 10.3 Å². The first-order chi connectivity index (χ1) is 9.56.